The lowest BCUT2D eigenvalue weighted by molar-refractivity contribution is 0.142. The number of hydrogen-bond acceptors (Lipinski definition) is 3. The number of benzene rings is 2. The molecule has 0 saturated carbocycles. The summed E-state index contributed by atoms with van der Waals surface area (Å²) in [5.74, 6) is -0.0958. The van der Waals surface area contributed by atoms with Crippen LogP contribution in [-0.4, -0.2) is 30.8 Å². The molecule has 0 aliphatic carbocycles. The van der Waals surface area contributed by atoms with Gasteiger partial charge in [0.1, 0.15) is 0 Å². The van der Waals surface area contributed by atoms with E-state index in [1.54, 1.807) is 4.90 Å². The second kappa shape index (κ2) is 10.6. The van der Waals surface area contributed by atoms with Crippen molar-refractivity contribution in [1.82, 2.24) is 5.32 Å². The van der Waals surface area contributed by atoms with Crippen molar-refractivity contribution in [1.29, 1.82) is 5.41 Å². The van der Waals surface area contributed by atoms with Crippen molar-refractivity contribution >= 4 is 29.0 Å². The van der Waals surface area contributed by atoms with E-state index in [2.05, 4.69) is 24.4 Å². The number of nitrogens with zero attached hydrogens (tertiary/aromatic N) is 1. The van der Waals surface area contributed by atoms with Gasteiger partial charge in [0.15, 0.2) is 11.1 Å². The number of anilines is 1. The Morgan fingerprint density at radius 2 is 1.89 bits per heavy atom. The topological polar surface area (TPSA) is 74.4 Å². The maximum absolute atomic E-state index is 7.97. The first-order valence-corrected chi connectivity index (χ1v) is 9.57. The van der Waals surface area contributed by atoms with Gasteiger partial charge in [0, 0.05) is 6.54 Å². The van der Waals surface area contributed by atoms with Crippen molar-refractivity contribution in [2.75, 3.05) is 24.7 Å². The zero-order valence-corrected chi connectivity index (χ0v) is 16.8. The van der Waals surface area contributed by atoms with E-state index in [1.807, 2.05) is 43.3 Å². The molecule has 0 aliphatic heterocycles. The highest BCUT2D eigenvalue weighted by Crippen LogP contribution is 2.25. The smallest absolute Gasteiger partial charge is 0.199 e. The molecule has 0 aliphatic rings. The highest BCUT2D eigenvalue weighted by atomic mass is 32.1. The molecule has 0 spiro atoms. The van der Waals surface area contributed by atoms with Gasteiger partial charge in [-0.3, -0.25) is 10.3 Å². The minimum absolute atomic E-state index is 0.0958. The summed E-state index contributed by atoms with van der Waals surface area (Å²) in [4.78, 5) is 1.59. The lowest BCUT2D eigenvalue weighted by Crippen LogP contribution is -2.48. The van der Waals surface area contributed by atoms with E-state index in [-0.39, 0.29) is 5.96 Å². The van der Waals surface area contributed by atoms with Crippen LogP contribution in [0.2, 0.25) is 0 Å². The molecule has 0 radical (unpaired) electrons. The number of ether oxygens (including phenoxy) is 1. The second-order valence-electron chi connectivity index (χ2n) is 6.24. The zero-order chi connectivity index (χ0) is 19.6. The fraction of sp³-hybridized carbons (Fsp3) is 0.333. The second-order valence-corrected chi connectivity index (χ2v) is 6.62. The number of nitrogens with two attached hydrogens (primary N) is 1. The zero-order valence-electron chi connectivity index (χ0n) is 16.0. The Morgan fingerprint density at radius 3 is 2.56 bits per heavy atom. The molecule has 4 N–H and O–H groups in total. The molecule has 0 heterocycles. The fourth-order valence-electron chi connectivity index (χ4n) is 2.90. The Labute approximate surface area is 167 Å². The van der Waals surface area contributed by atoms with Gasteiger partial charge in [-0.1, -0.05) is 55.5 Å². The van der Waals surface area contributed by atoms with Crippen LogP contribution in [0.3, 0.4) is 0 Å². The largest absolute Gasteiger partial charge is 0.379 e. The molecule has 6 heteroatoms. The Hall–Kier alpha value is -2.44. The average molecular weight is 385 g/mol. The monoisotopic (exact) mass is 384 g/mol. The summed E-state index contributed by atoms with van der Waals surface area (Å²) >= 11 is 5.49. The van der Waals surface area contributed by atoms with Crippen LogP contribution in [0.5, 0.6) is 0 Å². The molecular formula is C21H28N4OS. The van der Waals surface area contributed by atoms with Crippen LogP contribution in [0.4, 0.5) is 5.69 Å². The molecule has 0 aromatic heterocycles. The van der Waals surface area contributed by atoms with Gasteiger partial charge in [-0.2, -0.15) is 0 Å². The van der Waals surface area contributed by atoms with Crippen LogP contribution in [0.25, 0.3) is 0 Å². The molecule has 0 unspecified atom stereocenters. The van der Waals surface area contributed by atoms with E-state index in [0.717, 1.165) is 29.7 Å². The highest BCUT2D eigenvalue weighted by Gasteiger charge is 2.19. The molecule has 2 aromatic carbocycles. The molecule has 144 valence electrons. The summed E-state index contributed by atoms with van der Waals surface area (Å²) < 4.78 is 5.68. The minimum Gasteiger partial charge on any atom is -0.379 e. The van der Waals surface area contributed by atoms with Crippen molar-refractivity contribution < 1.29 is 4.74 Å². The van der Waals surface area contributed by atoms with Crippen LogP contribution in [0.15, 0.2) is 48.5 Å². The third-order valence-corrected chi connectivity index (χ3v) is 4.60. The molecule has 2 aromatic rings. The lowest BCUT2D eigenvalue weighted by Gasteiger charge is -2.27. The van der Waals surface area contributed by atoms with Gasteiger partial charge in [0.25, 0.3) is 0 Å². The van der Waals surface area contributed by atoms with Crippen LogP contribution in [0.1, 0.15) is 23.6 Å². The number of nitrogens with one attached hydrogen (secondary N) is 2. The normalized spacial score (nSPS) is 10.4. The van der Waals surface area contributed by atoms with Crippen molar-refractivity contribution in [3.8, 4) is 0 Å². The van der Waals surface area contributed by atoms with Gasteiger partial charge in [-0.25, -0.2) is 0 Å². The number of hydrogen-bond donors (Lipinski definition) is 3. The van der Waals surface area contributed by atoms with Crippen molar-refractivity contribution in [3.05, 3.63) is 65.2 Å². The van der Waals surface area contributed by atoms with E-state index >= 15 is 0 Å². The quantitative estimate of drug-likeness (QED) is 0.282. The number of rotatable bonds is 8. The van der Waals surface area contributed by atoms with Gasteiger partial charge in [-0.15, -0.1) is 0 Å². The molecule has 0 saturated heterocycles. The van der Waals surface area contributed by atoms with Gasteiger partial charge < -0.3 is 15.8 Å². The molecule has 5 nitrogen and oxygen atoms in total. The van der Waals surface area contributed by atoms with Crippen molar-refractivity contribution in [2.45, 2.75) is 26.7 Å². The number of aryl methyl sites for hydroxylation is 2. The summed E-state index contributed by atoms with van der Waals surface area (Å²) in [6.45, 7) is 5.83. The Bertz CT molecular complexity index is 764. The molecular weight excluding hydrogens is 356 g/mol. The van der Waals surface area contributed by atoms with E-state index in [4.69, 9.17) is 28.1 Å². The summed E-state index contributed by atoms with van der Waals surface area (Å²) in [5, 5.41) is 11.5. The van der Waals surface area contributed by atoms with Gasteiger partial charge in [-0.05, 0) is 48.7 Å². The van der Waals surface area contributed by atoms with E-state index in [9.17, 15) is 0 Å². The SMILES string of the molecule is CCc1cccc(C)c1N(C(=N)N)C(=S)NCCOCCc1ccccc1. The summed E-state index contributed by atoms with van der Waals surface area (Å²) in [5.41, 5.74) is 10.1. The van der Waals surface area contributed by atoms with Crippen LogP contribution in [0, 0.1) is 12.3 Å². The summed E-state index contributed by atoms with van der Waals surface area (Å²) in [6, 6.07) is 16.3. The van der Waals surface area contributed by atoms with Crippen LogP contribution >= 0.6 is 12.2 Å². The lowest BCUT2D eigenvalue weighted by atomic mass is 10.0. The third kappa shape index (κ3) is 6.05. The average Bonchev–Trinajstić information content (AvgIpc) is 2.66. The Kier molecular flexibility index (Phi) is 8.23. The van der Waals surface area contributed by atoms with Crippen molar-refractivity contribution in [2.24, 2.45) is 5.73 Å². The van der Waals surface area contributed by atoms with E-state index in [0.29, 0.717) is 24.9 Å². The first-order chi connectivity index (χ1) is 13.0. The first-order valence-electron chi connectivity index (χ1n) is 9.16. The van der Waals surface area contributed by atoms with Gasteiger partial charge >= 0.3 is 0 Å². The van der Waals surface area contributed by atoms with Crippen LogP contribution < -0.4 is 16.0 Å². The molecule has 0 bridgehead atoms. The molecule has 0 amide bonds. The number of para-hydroxylation sites is 1. The maximum Gasteiger partial charge on any atom is 0.199 e. The fourth-order valence-corrected chi connectivity index (χ4v) is 3.19. The predicted molar refractivity (Wildman–Crippen MR) is 117 cm³/mol. The maximum atomic E-state index is 7.97. The number of guanidine groups is 1. The van der Waals surface area contributed by atoms with Gasteiger partial charge in [0.05, 0.1) is 18.9 Å². The van der Waals surface area contributed by atoms with E-state index < -0.39 is 0 Å². The standard InChI is InChI=1S/C21H28N4OS/c1-3-18-11-7-8-16(2)19(18)25(20(22)23)21(27)24-13-15-26-14-12-17-9-5-4-6-10-17/h4-11H,3,12-15H2,1-2H3,(H3,22,23)(H,24,27). The summed E-state index contributed by atoms with van der Waals surface area (Å²) in [6.07, 6.45) is 1.72. The Balaban J connectivity index is 1.86. The molecule has 0 fully saturated rings. The van der Waals surface area contributed by atoms with Crippen LogP contribution in [-0.2, 0) is 17.6 Å². The van der Waals surface area contributed by atoms with Crippen molar-refractivity contribution in [3.63, 3.8) is 0 Å². The molecule has 27 heavy (non-hydrogen) atoms. The van der Waals surface area contributed by atoms with E-state index in [1.165, 1.54) is 5.56 Å². The predicted octanol–water partition coefficient (Wildman–Crippen LogP) is 3.39. The number of thiocarbonyl (C=S) groups is 1. The molecule has 0 atom stereocenters. The Morgan fingerprint density at radius 1 is 1.15 bits per heavy atom. The third-order valence-electron chi connectivity index (χ3n) is 4.27. The summed E-state index contributed by atoms with van der Waals surface area (Å²) in [7, 11) is 0. The highest BCUT2D eigenvalue weighted by molar-refractivity contribution is 7.80. The molecule has 2 rings (SSSR count). The first kappa shape index (κ1) is 20.9. The van der Waals surface area contributed by atoms with Gasteiger partial charge in [0.2, 0.25) is 0 Å². The minimum atomic E-state index is -0.0958.